The Kier molecular flexibility index (Phi) is 11.1. The predicted octanol–water partition coefficient (Wildman–Crippen LogP) is 3.93. The van der Waals surface area contributed by atoms with Crippen molar-refractivity contribution >= 4 is 30.5 Å². The predicted molar refractivity (Wildman–Crippen MR) is 131 cm³/mol. The van der Waals surface area contributed by atoms with Crippen LogP contribution in [0.15, 0.2) is 18.2 Å². The summed E-state index contributed by atoms with van der Waals surface area (Å²) in [4.78, 5) is 40.5. The number of alkyl carbamates (subject to hydrolysis) is 1. The van der Waals surface area contributed by atoms with Crippen molar-refractivity contribution in [3.05, 3.63) is 34.9 Å². The molecule has 0 fully saturated rings. The molecular weight excluding hydrogens is 426 g/mol. The molecule has 0 bridgehead atoms. The van der Waals surface area contributed by atoms with Crippen LogP contribution in [0.2, 0.25) is 0 Å². The standard InChI is InChI=1S/C24H39N3O4S/c1-8-10-14-25-21(28)20(18-13-11-12-16(3)17(18)4)27(9-2)22(29)19(15-32)26-23(30)31-24(5,6)7/h11-13,19-20,32H,8-10,14-15H2,1-7H3,(H,25,28)(H,26,30). The Labute approximate surface area is 198 Å². The number of unbranched alkanes of at least 4 members (excludes halogenated alkanes) is 1. The molecule has 32 heavy (non-hydrogen) atoms. The molecule has 0 aliphatic heterocycles. The number of amides is 3. The summed E-state index contributed by atoms with van der Waals surface area (Å²) in [5.41, 5.74) is 2.07. The zero-order valence-corrected chi connectivity index (χ0v) is 21.3. The number of hydrogen-bond acceptors (Lipinski definition) is 5. The van der Waals surface area contributed by atoms with Crippen LogP contribution in [0, 0.1) is 13.8 Å². The molecule has 8 heteroatoms. The van der Waals surface area contributed by atoms with Crippen LogP contribution < -0.4 is 10.6 Å². The monoisotopic (exact) mass is 465 g/mol. The Hall–Kier alpha value is -2.22. The normalized spacial score (nSPS) is 13.1. The van der Waals surface area contributed by atoms with Gasteiger partial charge in [-0.1, -0.05) is 31.5 Å². The molecule has 0 saturated carbocycles. The van der Waals surface area contributed by atoms with Gasteiger partial charge in [-0.05, 0) is 64.7 Å². The molecule has 2 atom stereocenters. The summed E-state index contributed by atoms with van der Waals surface area (Å²) < 4.78 is 5.29. The molecular formula is C24H39N3O4S. The van der Waals surface area contributed by atoms with E-state index in [1.165, 1.54) is 4.90 Å². The van der Waals surface area contributed by atoms with E-state index in [1.54, 1.807) is 20.8 Å². The van der Waals surface area contributed by atoms with Gasteiger partial charge in [0.2, 0.25) is 11.8 Å². The third-order valence-corrected chi connectivity index (χ3v) is 5.49. The Morgan fingerprint density at radius 3 is 2.34 bits per heavy atom. The third-order valence-electron chi connectivity index (χ3n) is 5.13. The molecule has 0 aliphatic carbocycles. The number of rotatable bonds is 10. The average molecular weight is 466 g/mol. The molecule has 0 heterocycles. The fraction of sp³-hybridized carbons (Fsp3) is 0.625. The fourth-order valence-corrected chi connectivity index (χ4v) is 3.55. The lowest BCUT2D eigenvalue weighted by atomic mass is 9.95. The van der Waals surface area contributed by atoms with E-state index in [1.807, 2.05) is 39.0 Å². The molecule has 3 amide bonds. The maximum Gasteiger partial charge on any atom is 0.408 e. The number of thiol groups is 1. The van der Waals surface area contributed by atoms with Crippen LogP contribution in [0.5, 0.6) is 0 Å². The highest BCUT2D eigenvalue weighted by Gasteiger charge is 2.35. The van der Waals surface area contributed by atoms with Crippen molar-refractivity contribution in [1.82, 2.24) is 15.5 Å². The highest BCUT2D eigenvalue weighted by molar-refractivity contribution is 7.80. The number of aryl methyl sites for hydroxylation is 1. The van der Waals surface area contributed by atoms with Crippen LogP contribution >= 0.6 is 12.6 Å². The first-order chi connectivity index (χ1) is 15.0. The van der Waals surface area contributed by atoms with Gasteiger partial charge in [-0.2, -0.15) is 12.6 Å². The number of hydrogen-bond donors (Lipinski definition) is 3. The first-order valence-electron chi connectivity index (χ1n) is 11.2. The van der Waals surface area contributed by atoms with Crippen LogP contribution in [0.4, 0.5) is 4.79 Å². The van der Waals surface area contributed by atoms with E-state index in [9.17, 15) is 14.4 Å². The quantitative estimate of drug-likeness (QED) is 0.361. The summed E-state index contributed by atoms with van der Waals surface area (Å²) in [6.45, 7) is 13.9. The smallest absolute Gasteiger partial charge is 0.408 e. The van der Waals surface area contributed by atoms with E-state index in [2.05, 4.69) is 30.2 Å². The molecule has 7 nitrogen and oxygen atoms in total. The zero-order chi connectivity index (χ0) is 24.5. The van der Waals surface area contributed by atoms with Crippen LogP contribution in [-0.2, 0) is 14.3 Å². The minimum atomic E-state index is -0.927. The van der Waals surface area contributed by atoms with Crippen LogP contribution in [0.1, 0.15) is 70.2 Å². The molecule has 2 unspecified atom stereocenters. The van der Waals surface area contributed by atoms with Gasteiger partial charge in [-0.15, -0.1) is 0 Å². The molecule has 180 valence electrons. The summed E-state index contributed by atoms with van der Waals surface area (Å²) in [7, 11) is 0. The second kappa shape index (κ2) is 12.7. The maximum atomic E-state index is 13.5. The Balaban J connectivity index is 3.28. The minimum Gasteiger partial charge on any atom is -0.444 e. The molecule has 0 spiro atoms. The lowest BCUT2D eigenvalue weighted by molar-refractivity contribution is -0.141. The summed E-state index contributed by atoms with van der Waals surface area (Å²) in [6, 6.07) is 4.00. The lowest BCUT2D eigenvalue weighted by Gasteiger charge is -2.34. The topological polar surface area (TPSA) is 87.7 Å². The number of nitrogens with zero attached hydrogens (tertiary/aromatic N) is 1. The Morgan fingerprint density at radius 1 is 1.16 bits per heavy atom. The number of ether oxygens (including phenoxy) is 1. The second-order valence-corrected chi connectivity index (χ2v) is 9.21. The highest BCUT2D eigenvalue weighted by Crippen LogP contribution is 2.27. The van der Waals surface area contributed by atoms with Crippen LogP contribution in [0.25, 0.3) is 0 Å². The van der Waals surface area contributed by atoms with Crippen molar-refractivity contribution in [1.29, 1.82) is 0 Å². The number of benzene rings is 1. The van der Waals surface area contributed by atoms with Gasteiger partial charge in [0.05, 0.1) is 0 Å². The van der Waals surface area contributed by atoms with Gasteiger partial charge in [-0.25, -0.2) is 4.79 Å². The number of carbonyl (C=O) groups is 3. The number of likely N-dealkylation sites (N-methyl/N-ethyl adjacent to an activating group) is 1. The van der Waals surface area contributed by atoms with Crippen LogP contribution in [-0.4, -0.2) is 53.3 Å². The summed E-state index contributed by atoms with van der Waals surface area (Å²) in [6.07, 6.45) is 1.11. The van der Waals surface area contributed by atoms with E-state index in [0.29, 0.717) is 13.1 Å². The SMILES string of the molecule is CCCCNC(=O)C(c1cccc(C)c1C)N(CC)C(=O)C(CS)NC(=O)OC(C)(C)C. The van der Waals surface area contributed by atoms with E-state index in [4.69, 9.17) is 4.74 Å². The lowest BCUT2D eigenvalue weighted by Crippen LogP contribution is -2.53. The highest BCUT2D eigenvalue weighted by atomic mass is 32.1. The molecule has 0 saturated heterocycles. The summed E-state index contributed by atoms with van der Waals surface area (Å²) >= 11 is 4.27. The van der Waals surface area contributed by atoms with Gasteiger partial charge in [-0.3, -0.25) is 9.59 Å². The van der Waals surface area contributed by atoms with E-state index >= 15 is 0 Å². The van der Waals surface area contributed by atoms with Crippen LogP contribution in [0.3, 0.4) is 0 Å². The molecule has 1 rings (SSSR count). The first-order valence-corrected chi connectivity index (χ1v) is 11.8. The van der Waals surface area contributed by atoms with Crippen molar-refractivity contribution in [2.24, 2.45) is 0 Å². The van der Waals surface area contributed by atoms with Gasteiger partial charge >= 0.3 is 6.09 Å². The van der Waals surface area contributed by atoms with E-state index in [0.717, 1.165) is 29.5 Å². The van der Waals surface area contributed by atoms with E-state index in [-0.39, 0.29) is 17.6 Å². The van der Waals surface area contributed by atoms with Gasteiger partial charge in [0.25, 0.3) is 0 Å². The third kappa shape index (κ3) is 8.04. The molecule has 0 aromatic heterocycles. The Morgan fingerprint density at radius 2 is 1.81 bits per heavy atom. The zero-order valence-electron chi connectivity index (χ0n) is 20.4. The molecule has 0 aliphatic rings. The van der Waals surface area contributed by atoms with Gasteiger partial charge in [0, 0.05) is 18.8 Å². The second-order valence-electron chi connectivity index (χ2n) is 8.84. The van der Waals surface area contributed by atoms with Crippen molar-refractivity contribution in [3.8, 4) is 0 Å². The number of carbonyl (C=O) groups excluding carboxylic acids is 3. The van der Waals surface area contributed by atoms with Gasteiger partial charge in [0.1, 0.15) is 17.7 Å². The van der Waals surface area contributed by atoms with Gasteiger partial charge in [0.15, 0.2) is 0 Å². The largest absolute Gasteiger partial charge is 0.444 e. The molecule has 0 radical (unpaired) electrons. The number of nitrogens with one attached hydrogen (secondary N) is 2. The minimum absolute atomic E-state index is 0.0749. The maximum absolute atomic E-state index is 13.5. The summed E-state index contributed by atoms with van der Waals surface area (Å²) in [5, 5.41) is 5.56. The molecule has 1 aromatic carbocycles. The summed E-state index contributed by atoms with van der Waals surface area (Å²) in [5.74, 6) is -0.548. The van der Waals surface area contributed by atoms with Crippen molar-refractivity contribution < 1.29 is 19.1 Å². The molecule has 2 N–H and O–H groups in total. The average Bonchev–Trinajstić information content (AvgIpc) is 2.71. The molecule has 1 aromatic rings. The Bertz CT molecular complexity index is 792. The van der Waals surface area contributed by atoms with Crippen molar-refractivity contribution in [2.45, 2.75) is 79.0 Å². The fourth-order valence-electron chi connectivity index (χ4n) is 3.31. The van der Waals surface area contributed by atoms with Crippen molar-refractivity contribution in [2.75, 3.05) is 18.8 Å². The first kappa shape index (κ1) is 27.8. The van der Waals surface area contributed by atoms with Crippen molar-refractivity contribution in [3.63, 3.8) is 0 Å². The van der Waals surface area contributed by atoms with Gasteiger partial charge < -0.3 is 20.3 Å². The van der Waals surface area contributed by atoms with E-state index < -0.39 is 23.8 Å².